The van der Waals surface area contributed by atoms with Gasteiger partial charge in [0.25, 0.3) is 5.91 Å². The van der Waals surface area contributed by atoms with Crippen LogP contribution in [0.5, 0.6) is 0 Å². The summed E-state index contributed by atoms with van der Waals surface area (Å²) >= 11 is 5.82. The first-order valence-electron chi connectivity index (χ1n) is 9.06. The number of allylic oxidation sites excluding steroid dienone is 1. The Morgan fingerprint density at radius 1 is 1.28 bits per heavy atom. The number of aliphatic imine (C=N–C) groups is 1. The summed E-state index contributed by atoms with van der Waals surface area (Å²) < 4.78 is 0. The number of rotatable bonds is 6. The molecule has 2 aliphatic heterocycles. The van der Waals surface area contributed by atoms with Gasteiger partial charge in [-0.2, -0.15) is 0 Å². The standard InChI is InChI=1S/C19H21ClN6O3/c20-14-2-4-15(5-3-14)23-16(27)12-26-17(28)19(24-18(26)29)6-10-25(11-7-19)13-22-9-1-8-21/h1-5,8-9,13,21H,6-7,10-12H2,(H,23,27)(H,24,29)/b9-1-,21-8?,22-13?. The molecule has 0 bridgehead atoms. The maximum Gasteiger partial charge on any atom is 0.325 e. The maximum absolute atomic E-state index is 12.9. The van der Waals surface area contributed by atoms with Crippen molar-refractivity contribution in [3.8, 4) is 0 Å². The lowest BCUT2D eigenvalue weighted by molar-refractivity contribution is -0.135. The number of piperidine rings is 1. The first-order valence-corrected chi connectivity index (χ1v) is 9.44. The van der Waals surface area contributed by atoms with Crippen LogP contribution < -0.4 is 10.6 Å². The van der Waals surface area contributed by atoms with E-state index in [1.54, 1.807) is 30.6 Å². The largest absolute Gasteiger partial charge is 0.362 e. The predicted octanol–water partition coefficient (Wildman–Crippen LogP) is 1.86. The van der Waals surface area contributed by atoms with Crippen molar-refractivity contribution in [2.24, 2.45) is 4.99 Å². The molecule has 2 heterocycles. The number of nitrogens with zero attached hydrogens (tertiary/aromatic N) is 3. The second-order valence-corrected chi connectivity index (χ2v) is 7.20. The van der Waals surface area contributed by atoms with Crippen LogP contribution >= 0.6 is 11.6 Å². The Hall–Kier alpha value is -3.20. The Balaban J connectivity index is 1.57. The average Bonchev–Trinajstić information content (AvgIpc) is 2.93. The molecule has 2 saturated heterocycles. The number of benzene rings is 1. The number of urea groups is 1. The molecular formula is C19H21ClN6O3. The van der Waals surface area contributed by atoms with E-state index in [1.807, 2.05) is 4.90 Å². The van der Waals surface area contributed by atoms with E-state index in [0.29, 0.717) is 36.6 Å². The van der Waals surface area contributed by atoms with Crippen LogP contribution in [0.15, 0.2) is 41.5 Å². The van der Waals surface area contributed by atoms with Crippen LogP contribution in [0, 0.1) is 5.41 Å². The Labute approximate surface area is 172 Å². The number of likely N-dealkylation sites (tertiary alicyclic amines) is 1. The van der Waals surface area contributed by atoms with Crippen LogP contribution in [-0.4, -0.2) is 65.4 Å². The topological polar surface area (TPSA) is 118 Å². The number of halogens is 1. The third-order valence-electron chi connectivity index (χ3n) is 4.83. The molecule has 3 N–H and O–H groups in total. The Morgan fingerprint density at radius 2 is 1.97 bits per heavy atom. The molecule has 1 spiro atoms. The number of carbonyl (C=O) groups excluding carboxylic acids is 3. The molecule has 9 nitrogen and oxygen atoms in total. The summed E-state index contributed by atoms with van der Waals surface area (Å²) in [5, 5.41) is 12.9. The highest BCUT2D eigenvalue weighted by Crippen LogP contribution is 2.29. The lowest BCUT2D eigenvalue weighted by Crippen LogP contribution is -2.54. The van der Waals surface area contributed by atoms with Crippen molar-refractivity contribution < 1.29 is 14.4 Å². The minimum atomic E-state index is -0.979. The van der Waals surface area contributed by atoms with Gasteiger partial charge in [-0.05, 0) is 43.2 Å². The van der Waals surface area contributed by atoms with Gasteiger partial charge in [-0.1, -0.05) is 11.6 Å². The van der Waals surface area contributed by atoms with Gasteiger partial charge in [0.05, 0.1) is 6.34 Å². The van der Waals surface area contributed by atoms with Crippen molar-refractivity contribution in [2.45, 2.75) is 18.4 Å². The summed E-state index contributed by atoms with van der Waals surface area (Å²) in [6, 6.07) is 6.00. The first kappa shape index (κ1) is 20.5. The van der Waals surface area contributed by atoms with E-state index in [-0.39, 0.29) is 12.5 Å². The molecule has 1 aromatic rings. The van der Waals surface area contributed by atoms with Gasteiger partial charge in [0.2, 0.25) is 5.91 Å². The van der Waals surface area contributed by atoms with Crippen molar-refractivity contribution in [2.75, 3.05) is 25.0 Å². The Morgan fingerprint density at radius 3 is 2.62 bits per heavy atom. The van der Waals surface area contributed by atoms with E-state index < -0.39 is 17.5 Å². The molecule has 0 radical (unpaired) electrons. The highest BCUT2D eigenvalue weighted by Gasteiger charge is 2.52. The van der Waals surface area contributed by atoms with Crippen molar-refractivity contribution >= 4 is 47.7 Å². The molecule has 1 aromatic carbocycles. The molecule has 10 heteroatoms. The van der Waals surface area contributed by atoms with E-state index in [4.69, 9.17) is 17.0 Å². The summed E-state index contributed by atoms with van der Waals surface area (Å²) in [6.45, 7) is 0.728. The highest BCUT2D eigenvalue weighted by atomic mass is 35.5. The number of anilines is 1. The van der Waals surface area contributed by atoms with Gasteiger partial charge in [0.1, 0.15) is 12.1 Å². The number of hydrogen-bond acceptors (Lipinski definition) is 5. The van der Waals surface area contributed by atoms with Gasteiger partial charge in [-0.25, -0.2) is 9.79 Å². The Kier molecular flexibility index (Phi) is 6.28. The van der Waals surface area contributed by atoms with Gasteiger partial charge in [0.15, 0.2) is 0 Å². The van der Waals surface area contributed by atoms with Crippen molar-refractivity contribution in [3.05, 3.63) is 41.6 Å². The van der Waals surface area contributed by atoms with E-state index in [1.165, 1.54) is 12.3 Å². The zero-order chi connectivity index (χ0) is 20.9. The van der Waals surface area contributed by atoms with Crippen molar-refractivity contribution in [3.63, 3.8) is 0 Å². The molecule has 0 atom stereocenters. The molecule has 29 heavy (non-hydrogen) atoms. The number of amides is 4. The molecule has 0 unspecified atom stereocenters. The zero-order valence-corrected chi connectivity index (χ0v) is 16.4. The van der Waals surface area contributed by atoms with Crippen LogP contribution in [0.3, 0.4) is 0 Å². The summed E-state index contributed by atoms with van der Waals surface area (Å²) in [4.78, 5) is 44.5. The summed E-state index contributed by atoms with van der Waals surface area (Å²) in [7, 11) is 0. The smallest absolute Gasteiger partial charge is 0.325 e. The second-order valence-electron chi connectivity index (χ2n) is 6.77. The zero-order valence-electron chi connectivity index (χ0n) is 15.6. The van der Waals surface area contributed by atoms with Gasteiger partial charge in [-0.15, -0.1) is 0 Å². The molecule has 0 saturated carbocycles. The monoisotopic (exact) mass is 416 g/mol. The Bertz CT molecular complexity index is 859. The molecule has 2 fully saturated rings. The van der Waals surface area contributed by atoms with Gasteiger partial charge in [-0.3, -0.25) is 14.5 Å². The van der Waals surface area contributed by atoms with E-state index in [2.05, 4.69) is 15.6 Å². The summed E-state index contributed by atoms with van der Waals surface area (Å²) in [6.07, 6.45) is 6.62. The predicted molar refractivity (Wildman–Crippen MR) is 110 cm³/mol. The van der Waals surface area contributed by atoms with Gasteiger partial charge in [0, 0.05) is 36.2 Å². The van der Waals surface area contributed by atoms with Crippen molar-refractivity contribution in [1.29, 1.82) is 5.41 Å². The van der Waals surface area contributed by atoms with Gasteiger partial charge >= 0.3 is 6.03 Å². The molecule has 152 valence electrons. The van der Waals surface area contributed by atoms with Crippen LogP contribution in [0.2, 0.25) is 5.02 Å². The van der Waals surface area contributed by atoms with Crippen LogP contribution in [0.1, 0.15) is 12.8 Å². The maximum atomic E-state index is 12.9. The third kappa shape index (κ3) is 4.80. The minimum absolute atomic E-state index is 0.353. The van der Waals surface area contributed by atoms with E-state index in [0.717, 1.165) is 11.1 Å². The first-order chi connectivity index (χ1) is 13.9. The molecular weight excluding hydrogens is 396 g/mol. The molecule has 2 aliphatic rings. The highest BCUT2D eigenvalue weighted by molar-refractivity contribution is 6.30. The van der Waals surface area contributed by atoms with E-state index in [9.17, 15) is 14.4 Å². The number of nitrogens with one attached hydrogen (secondary N) is 3. The fourth-order valence-corrected chi connectivity index (χ4v) is 3.41. The van der Waals surface area contributed by atoms with Crippen LogP contribution in [-0.2, 0) is 9.59 Å². The number of carbonyl (C=O) groups is 3. The van der Waals surface area contributed by atoms with Gasteiger partial charge < -0.3 is 20.9 Å². The molecule has 0 aromatic heterocycles. The fourth-order valence-electron chi connectivity index (χ4n) is 3.28. The number of hydrogen-bond donors (Lipinski definition) is 3. The number of imide groups is 1. The SMILES string of the molecule is N=C/C=C\N=CN1CCC2(CC1)NC(=O)N(CC(=O)Nc1ccc(Cl)cc1)C2=O. The van der Waals surface area contributed by atoms with Crippen LogP contribution in [0.25, 0.3) is 0 Å². The summed E-state index contributed by atoms with van der Waals surface area (Å²) in [5.41, 5.74) is -0.446. The lowest BCUT2D eigenvalue weighted by Gasteiger charge is -2.36. The molecule has 0 aliphatic carbocycles. The second kappa shape index (κ2) is 8.87. The fraction of sp³-hybridized carbons (Fsp3) is 0.316. The van der Waals surface area contributed by atoms with E-state index >= 15 is 0 Å². The minimum Gasteiger partial charge on any atom is -0.362 e. The van der Waals surface area contributed by atoms with Crippen LogP contribution in [0.4, 0.5) is 10.5 Å². The molecule has 4 amide bonds. The molecule has 3 rings (SSSR count). The average molecular weight is 417 g/mol. The lowest BCUT2D eigenvalue weighted by atomic mass is 9.87. The summed E-state index contributed by atoms with van der Waals surface area (Å²) in [5.74, 6) is -0.843. The van der Waals surface area contributed by atoms with Crippen molar-refractivity contribution in [1.82, 2.24) is 15.1 Å². The third-order valence-corrected chi connectivity index (χ3v) is 5.08. The normalized spacial score (nSPS) is 18.7. The quantitative estimate of drug-likeness (QED) is 0.372.